The maximum atomic E-state index is 12.2. The predicted molar refractivity (Wildman–Crippen MR) is 85.8 cm³/mol. The van der Waals surface area contributed by atoms with Gasteiger partial charge in [-0.05, 0) is 23.6 Å². The number of nitrogens with one attached hydrogen (secondary N) is 1. The van der Waals surface area contributed by atoms with E-state index < -0.39 is 15.9 Å². The molecular formula is C14H16N2O4S2. The SMILES string of the molecule is COc1ccccc1NC(=O)CN(C)S(=O)(=O)c1cccs1. The number of thiophene rings is 1. The summed E-state index contributed by atoms with van der Waals surface area (Å²) in [6.45, 7) is -0.279. The minimum Gasteiger partial charge on any atom is -0.495 e. The van der Waals surface area contributed by atoms with Crippen molar-refractivity contribution in [1.82, 2.24) is 4.31 Å². The van der Waals surface area contributed by atoms with Crippen LogP contribution in [-0.2, 0) is 14.8 Å². The van der Waals surface area contributed by atoms with Crippen LogP contribution in [0.15, 0.2) is 46.0 Å². The Hall–Kier alpha value is -1.90. The summed E-state index contributed by atoms with van der Waals surface area (Å²) in [6, 6.07) is 10.1. The standard InChI is InChI=1S/C14H16N2O4S2/c1-16(22(18,19)14-8-5-9-21-14)10-13(17)15-11-6-3-4-7-12(11)20-2/h3-9H,10H2,1-2H3,(H,15,17). The number of anilines is 1. The minimum atomic E-state index is -3.64. The van der Waals surface area contributed by atoms with Gasteiger partial charge >= 0.3 is 0 Å². The summed E-state index contributed by atoms with van der Waals surface area (Å²) in [5.41, 5.74) is 0.497. The van der Waals surface area contributed by atoms with Gasteiger partial charge in [-0.2, -0.15) is 4.31 Å². The van der Waals surface area contributed by atoms with Crippen LogP contribution in [-0.4, -0.2) is 39.3 Å². The highest BCUT2D eigenvalue weighted by molar-refractivity contribution is 7.91. The average molecular weight is 340 g/mol. The Morgan fingerprint density at radius 1 is 1.27 bits per heavy atom. The van der Waals surface area contributed by atoms with Crippen molar-refractivity contribution in [2.24, 2.45) is 0 Å². The molecule has 2 rings (SSSR count). The third-order valence-corrected chi connectivity index (χ3v) is 6.08. The van der Waals surface area contributed by atoms with E-state index in [1.165, 1.54) is 20.2 Å². The second-order valence-corrected chi connectivity index (χ2v) is 7.66. The molecule has 2 aromatic rings. The molecule has 6 nitrogen and oxygen atoms in total. The van der Waals surface area contributed by atoms with Crippen LogP contribution in [0.1, 0.15) is 0 Å². The highest BCUT2D eigenvalue weighted by Gasteiger charge is 2.24. The van der Waals surface area contributed by atoms with Crippen LogP contribution in [0.3, 0.4) is 0 Å². The number of carbonyl (C=O) groups excluding carboxylic acids is 1. The minimum absolute atomic E-state index is 0.208. The zero-order chi connectivity index (χ0) is 16.2. The quantitative estimate of drug-likeness (QED) is 0.873. The van der Waals surface area contributed by atoms with Gasteiger partial charge in [0.2, 0.25) is 5.91 Å². The summed E-state index contributed by atoms with van der Waals surface area (Å²) in [5, 5.41) is 4.32. The lowest BCUT2D eigenvalue weighted by atomic mass is 10.3. The smallest absolute Gasteiger partial charge is 0.252 e. The van der Waals surface area contributed by atoms with E-state index in [1.807, 2.05) is 0 Å². The largest absolute Gasteiger partial charge is 0.495 e. The first-order valence-electron chi connectivity index (χ1n) is 6.38. The molecule has 1 aromatic carbocycles. The molecule has 0 aliphatic heterocycles. The molecule has 0 spiro atoms. The second-order valence-electron chi connectivity index (χ2n) is 4.44. The van der Waals surface area contributed by atoms with Gasteiger partial charge in [-0.15, -0.1) is 11.3 Å². The van der Waals surface area contributed by atoms with E-state index in [9.17, 15) is 13.2 Å². The fourth-order valence-corrected chi connectivity index (χ4v) is 4.12. The van der Waals surface area contributed by atoms with Crippen LogP contribution in [0.2, 0.25) is 0 Å². The van der Waals surface area contributed by atoms with Crippen LogP contribution in [0.4, 0.5) is 5.69 Å². The number of carbonyl (C=O) groups is 1. The van der Waals surface area contributed by atoms with Gasteiger partial charge in [0.15, 0.2) is 0 Å². The van der Waals surface area contributed by atoms with Crippen molar-refractivity contribution in [3.63, 3.8) is 0 Å². The van der Waals surface area contributed by atoms with E-state index in [2.05, 4.69) is 5.32 Å². The summed E-state index contributed by atoms with van der Waals surface area (Å²) in [4.78, 5) is 12.0. The molecule has 1 aromatic heterocycles. The highest BCUT2D eigenvalue weighted by atomic mass is 32.2. The van der Waals surface area contributed by atoms with Crippen molar-refractivity contribution in [1.29, 1.82) is 0 Å². The number of nitrogens with zero attached hydrogens (tertiary/aromatic N) is 1. The summed E-state index contributed by atoms with van der Waals surface area (Å²) < 4.78 is 30.8. The van der Waals surface area contributed by atoms with Crippen LogP contribution in [0, 0.1) is 0 Å². The van der Waals surface area contributed by atoms with Crippen LogP contribution < -0.4 is 10.1 Å². The van der Waals surface area contributed by atoms with Gasteiger partial charge in [0, 0.05) is 7.05 Å². The van der Waals surface area contributed by atoms with Crippen molar-refractivity contribution < 1.29 is 17.9 Å². The fraction of sp³-hybridized carbons (Fsp3) is 0.214. The number of hydrogen-bond donors (Lipinski definition) is 1. The number of benzene rings is 1. The Morgan fingerprint density at radius 3 is 2.64 bits per heavy atom. The Bertz CT molecular complexity index is 742. The van der Waals surface area contributed by atoms with E-state index in [4.69, 9.17) is 4.74 Å². The first-order valence-corrected chi connectivity index (χ1v) is 8.70. The highest BCUT2D eigenvalue weighted by Crippen LogP contribution is 2.23. The molecule has 0 aliphatic rings. The Labute approximate surface area is 133 Å². The molecule has 0 saturated carbocycles. The van der Waals surface area contributed by atoms with E-state index in [0.717, 1.165) is 15.6 Å². The predicted octanol–water partition coefficient (Wildman–Crippen LogP) is 2.02. The summed E-state index contributed by atoms with van der Waals surface area (Å²) >= 11 is 1.11. The first kappa shape index (κ1) is 16.5. The number of sulfonamides is 1. The Balaban J connectivity index is 2.06. The number of para-hydroxylation sites is 2. The third-order valence-electron chi connectivity index (χ3n) is 2.91. The maximum Gasteiger partial charge on any atom is 0.252 e. The zero-order valence-corrected chi connectivity index (χ0v) is 13.8. The van der Waals surface area contributed by atoms with Crippen molar-refractivity contribution in [3.8, 4) is 5.75 Å². The van der Waals surface area contributed by atoms with Crippen molar-refractivity contribution in [2.45, 2.75) is 4.21 Å². The average Bonchev–Trinajstić information content (AvgIpc) is 3.02. The molecule has 1 heterocycles. The monoisotopic (exact) mass is 340 g/mol. The molecule has 0 fully saturated rings. The first-order chi connectivity index (χ1) is 10.4. The van der Waals surface area contributed by atoms with Gasteiger partial charge in [-0.1, -0.05) is 18.2 Å². The molecule has 0 aliphatic carbocycles. The molecule has 0 bridgehead atoms. The van der Waals surface area contributed by atoms with Gasteiger partial charge in [0.25, 0.3) is 10.0 Å². The Morgan fingerprint density at radius 2 is 2.00 bits per heavy atom. The van der Waals surface area contributed by atoms with Crippen molar-refractivity contribution >= 4 is 33.0 Å². The van der Waals surface area contributed by atoms with Gasteiger partial charge < -0.3 is 10.1 Å². The number of ether oxygens (including phenoxy) is 1. The number of hydrogen-bond acceptors (Lipinski definition) is 5. The summed E-state index contributed by atoms with van der Waals surface area (Å²) in [6.07, 6.45) is 0. The zero-order valence-electron chi connectivity index (χ0n) is 12.1. The molecule has 0 unspecified atom stereocenters. The van der Waals surface area contributed by atoms with Gasteiger partial charge in [-0.25, -0.2) is 8.42 Å². The number of rotatable bonds is 6. The molecule has 0 radical (unpaired) electrons. The second kappa shape index (κ2) is 6.91. The third kappa shape index (κ3) is 3.65. The van der Waals surface area contributed by atoms with Crippen LogP contribution in [0.5, 0.6) is 5.75 Å². The molecule has 0 saturated heterocycles. The van der Waals surface area contributed by atoms with E-state index in [0.29, 0.717) is 11.4 Å². The van der Waals surface area contributed by atoms with E-state index >= 15 is 0 Å². The molecule has 0 atom stereocenters. The number of likely N-dealkylation sites (N-methyl/N-ethyl adjacent to an activating group) is 1. The van der Waals surface area contributed by atoms with Crippen molar-refractivity contribution in [2.75, 3.05) is 26.0 Å². The lowest BCUT2D eigenvalue weighted by Gasteiger charge is -2.16. The molecule has 8 heteroatoms. The number of methoxy groups -OCH3 is 1. The fourth-order valence-electron chi connectivity index (χ4n) is 1.79. The molecule has 1 amide bonds. The van der Waals surface area contributed by atoms with E-state index in [1.54, 1.807) is 35.7 Å². The molecule has 22 heavy (non-hydrogen) atoms. The number of amides is 1. The van der Waals surface area contributed by atoms with Gasteiger partial charge in [0.1, 0.15) is 9.96 Å². The lowest BCUT2D eigenvalue weighted by Crippen LogP contribution is -2.34. The molecule has 118 valence electrons. The molecular weight excluding hydrogens is 324 g/mol. The van der Waals surface area contributed by atoms with Crippen LogP contribution in [0.25, 0.3) is 0 Å². The van der Waals surface area contributed by atoms with Gasteiger partial charge in [-0.3, -0.25) is 4.79 Å². The lowest BCUT2D eigenvalue weighted by molar-refractivity contribution is -0.116. The van der Waals surface area contributed by atoms with E-state index in [-0.39, 0.29) is 10.8 Å². The summed E-state index contributed by atoms with van der Waals surface area (Å²) in [7, 11) is -0.769. The maximum absolute atomic E-state index is 12.2. The Kier molecular flexibility index (Phi) is 5.17. The topological polar surface area (TPSA) is 75.7 Å². The molecule has 1 N–H and O–H groups in total. The normalized spacial score (nSPS) is 11.4. The van der Waals surface area contributed by atoms with Crippen LogP contribution >= 0.6 is 11.3 Å². The summed E-state index contributed by atoms with van der Waals surface area (Å²) in [5.74, 6) is 0.0757. The van der Waals surface area contributed by atoms with Crippen molar-refractivity contribution in [3.05, 3.63) is 41.8 Å². The van der Waals surface area contributed by atoms with Gasteiger partial charge in [0.05, 0.1) is 19.3 Å².